The Morgan fingerprint density at radius 2 is 2.37 bits per heavy atom. The molecule has 1 aliphatic heterocycles. The van der Waals surface area contributed by atoms with E-state index in [-0.39, 0.29) is 11.7 Å². The molecular formula is C16H23NO2. The van der Waals surface area contributed by atoms with Crippen LogP contribution in [0.1, 0.15) is 56.3 Å². The monoisotopic (exact) mass is 261 g/mol. The van der Waals surface area contributed by atoms with Gasteiger partial charge in [-0.25, -0.2) is 0 Å². The van der Waals surface area contributed by atoms with Crippen molar-refractivity contribution in [1.29, 1.82) is 0 Å². The quantitative estimate of drug-likeness (QED) is 0.909. The zero-order valence-electron chi connectivity index (χ0n) is 11.6. The number of rotatable bonds is 3. The van der Waals surface area contributed by atoms with Crippen LogP contribution in [0.3, 0.4) is 0 Å². The van der Waals surface area contributed by atoms with Crippen molar-refractivity contribution in [3.05, 3.63) is 29.6 Å². The lowest BCUT2D eigenvalue weighted by atomic mass is 9.70. The van der Waals surface area contributed by atoms with Gasteiger partial charge >= 0.3 is 0 Å². The van der Waals surface area contributed by atoms with Crippen LogP contribution in [0.4, 0.5) is 0 Å². The summed E-state index contributed by atoms with van der Waals surface area (Å²) in [5, 5.41) is 10.7. The van der Waals surface area contributed by atoms with Crippen molar-refractivity contribution in [2.75, 3.05) is 6.61 Å². The van der Waals surface area contributed by atoms with E-state index in [1.165, 1.54) is 24.8 Å². The van der Waals surface area contributed by atoms with Crippen LogP contribution in [0.25, 0.3) is 0 Å². The minimum Gasteiger partial charge on any atom is -0.388 e. The summed E-state index contributed by atoms with van der Waals surface area (Å²) in [6, 6.07) is 1.98. The molecule has 1 saturated carbocycles. The first-order chi connectivity index (χ1) is 9.24. The SMILES string of the molecule is CCc1cnccc1C(O)C1CCOC2(CCC2)C1. The molecule has 3 heteroatoms. The van der Waals surface area contributed by atoms with Gasteiger partial charge in [0.25, 0.3) is 0 Å². The van der Waals surface area contributed by atoms with Gasteiger partial charge in [-0.2, -0.15) is 0 Å². The Bertz CT molecular complexity index is 442. The van der Waals surface area contributed by atoms with Gasteiger partial charge in [0.2, 0.25) is 0 Å². The fraction of sp³-hybridized carbons (Fsp3) is 0.688. The van der Waals surface area contributed by atoms with Gasteiger partial charge in [-0.05, 0) is 61.6 Å². The molecule has 0 amide bonds. The molecule has 0 bridgehead atoms. The maximum atomic E-state index is 10.7. The number of hydrogen-bond donors (Lipinski definition) is 1. The highest BCUT2D eigenvalue weighted by molar-refractivity contribution is 5.26. The fourth-order valence-electron chi connectivity index (χ4n) is 3.53. The summed E-state index contributed by atoms with van der Waals surface area (Å²) in [7, 11) is 0. The lowest BCUT2D eigenvalue weighted by molar-refractivity contribution is -0.157. The van der Waals surface area contributed by atoms with Crippen LogP contribution in [0.2, 0.25) is 0 Å². The minimum atomic E-state index is -0.362. The number of nitrogens with zero attached hydrogens (tertiary/aromatic N) is 1. The number of ether oxygens (including phenoxy) is 1. The third-order valence-electron chi connectivity index (χ3n) is 4.88. The van der Waals surface area contributed by atoms with Crippen molar-refractivity contribution in [2.45, 2.75) is 57.2 Å². The minimum absolute atomic E-state index is 0.101. The van der Waals surface area contributed by atoms with E-state index in [0.717, 1.165) is 31.4 Å². The van der Waals surface area contributed by atoms with Crippen molar-refractivity contribution in [1.82, 2.24) is 4.98 Å². The molecule has 2 fully saturated rings. The Hall–Kier alpha value is -0.930. The van der Waals surface area contributed by atoms with E-state index in [1.807, 2.05) is 12.3 Å². The van der Waals surface area contributed by atoms with Gasteiger partial charge in [0, 0.05) is 19.0 Å². The lowest BCUT2D eigenvalue weighted by Crippen LogP contribution is -2.46. The normalized spacial score (nSPS) is 26.9. The van der Waals surface area contributed by atoms with Crippen molar-refractivity contribution in [3.8, 4) is 0 Å². The molecule has 2 aliphatic rings. The maximum absolute atomic E-state index is 10.7. The molecule has 1 saturated heterocycles. The molecule has 1 spiro atoms. The molecule has 2 heterocycles. The van der Waals surface area contributed by atoms with Gasteiger partial charge in [-0.15, -0.1) is 0 Å². The summed E-state index contributed by atoms with van der Waals surface area (Å²) >= 11 is 0. The van der Waals surface area contributed by atoms with Crippen LogP contribution in [0.5, 0.6) is 0 Å². The van der Waals surface area contributed by atoms with Crippen molar-refractivity contribution in [2.24, 2.45) is 5.92 Å². The second-order valence-corrected chi connectivity index (χ2v) is 6.01. The number of pyridine rings is 1. The summed E-state index contributed by atoms with van der Waals surface area (Å²) in [6.45, 7) is 2.92. The second-order valence-electron chi connectivity index (χ2n) is 6.01. The summed E-state index contributed by atoms with van der Waals surface area (Å²) in [5.41, 5.74) is 2.34. The molecule has 1 aromatic rings. The molecule has 0 radical (unpaired) electrons. The Labute approximate surface area is 115 Å². The average Bonchev–Trinajstić information content (AvgIpc) is 2.45. The Balaban J connectivity index is 1.77. The highest BCUT2D eigenvalue weighted by Gasteiger charge is 2.44. The summed E-state index contributed by atoms with van der Waals surface area (Å²) in [6.07, 6.45) is 9.84. The smallest absolute Gasteiger partial charge is 0.0823 e. The molecule has 0 aromatic carbocycles. The predicted octanol–water partition coefficient (Wildman–Crippen LogP) is 3.03. The molecular weight excluding hydrogens is 238 g/mol. The van der Waals surface area contributed by atoms with Crippen LogP contribution >= 0.6 is 0 Å². The lowest BCUT2D eigenvalue weighted by Gasteiger charge is -2.48. The van der Waals surface area contributed by atoms with Crippen molar-refractivity contribution >= 4 is 0 Å². The van der Waals surface area contributed by atoms with Crippen LogP contribution < -0.4 is 0 Å². The van der Waals surface area contributed by atoms with Gasteiger partial charge in [-0.1, -0.05) is 6.92 Å². The molecule has 3 rings (SSSR count). The van der Waals surface area contributed by atoms with E-state index in [0.29, 0.717) is 5.92 Å². The Morgan fingerprint density at radius 3 is 3.05 bits per heavy atom. The zero-order chi connectivity index (χ0) is 13.3. The van der Waals surface area contributed by atoms with E-state index in [4.69, 9.17) is 4.74 Å². The van der Waals surface area contributed by atoms with Crippen LogP contribution in [0.15, 0.2) is 18.5 Å². The van der Waals surface area contributed by atoms with Crippen molar-refractivity contribution < 1.29 is 9.84 Å². The van der Waals surface area contributed by atoms with E-state index >= 15 is 0 Å². The van der Waals surface area contributed by atoms with E-state index in [2.05, 4.69) is 11.9 Å². The van der Waals surface area contributed by atoms with Crippen LogP contribution in [0, 0.1) is 5.92 Å². The number of aryl methyl sites for hydroxylation is 1. The van der Waals surface area contributed by atoms with Gasteiger partial charge in [0.1, 0.15) is 0 Å². The predicted molar refractivity (Wildman–Crippen MR) is 73.8 cm³/mol. The molecule has 3 nitrogen and oxygen atoms in total. The van der Waals surface area contributed by atoms with Crippen LogP contribution in [-0.4, -0.2) is 22.3 Å². The third kappa shape index (κ3) is 2.41. The number of aliphatic hydroxyl groups excluding tert-OH is 1. The Kier molecular flexibility index (Phi) is 3.59. The van der Waals surface area contributed by atoms with Crippen LogP contribution in [-0.2, 0) is 11.2 Å². The molecule has 1 aromatic heterocycles. The first-order valence-corrected chi connectivity index (χ1v) is 7.49. The topological polar surface area (TPSA) is 42.4 Å². The summed E-state index contributed by atoms with van der Waals surface area (Å²) in [5.74, 6) is 0.335. The second kappa shape index (κ2) is 5.22. The van der Waals surface area contributed by atoms with E-state index in [9.17, 15) is 5.11 Å². The number of aliphatic hydroxyl groups is 1. The third-order valence-corrected chi connectivity index (χ3v) is 4.88. The van der Waals surface area contributed by atoms with E-state index < -0.39 is 0 Å². The molecule has 19 heavy (non-hydrogen) atoms. The molecule has 1 N–H and O–H groups in total. The van der Waals surface area contributed by atoms with Gasteiger partial charge in [0.05, 0.1) is 11.7 Å². The average molecular weight is 261 g/mol. The van der Waals surface area contributed by atoms with Crippen molar-refractivity contribution in [3.63, 3.8) is 0 Å². The molecule has 104 valence electrons. The fourth-order valence-corrected chi connectivity index (χ4v) is 3.53. The highest BCUT2D eigenvalue weighted by atomic mass is 16.5. The van der Waals surface area contributed by atoms with Gasteiger partial charge in [0.15, 0.2) is 0 Å². The molecule has 1 aliphatic carbocycles. The van der Waals surface area contributed by atoms with Gasteiger partial charge < -0.3 is 9.84 Å². The molecule has 2 atom stereocenters. The number of hydrogen-bond acceptors (Lipinski definition) is 3. The maximum Gasteiger partial charge on any atom is 0.0823 e. The Morgan fingerprint density at radius 1 is 1.53 bits per heavy atom. The largest absolute Gasteiger partial charge is 0.388 e. The highest BCUT2D eigenvalue weighted by Crippen LogP contribution is 2.47. The van der Waals surface area contributed by atoms with Gasteiger partial charge in [-0.3, -0.25) is 4.98 Å². The van der Waals surface area contributed by atoms with E-state index in [1.54, 1.807) is 6.20 Å². The first-order valence-electron chi connectivity index (χ1n) is 7.49. The summed E-state index contributed by atoms with van der Waals surface area (Å²) < 4.78 is 5.95. The number of aromatic nitrogens is 1. The first kappa shape index (κ1) is 13.1. The standard InChI is InChI=1S/C16H23NO2/c1-2-12-11-17-8-4-14(12)15(18)13-5-9-19-16(10-13)6-3-7-16/h4,8,11,13,15,18H,2-3,5-7,9-10H2,1H3. The zero-order valence-corrected chi connectivity index (χ0v) is 11.6. The summed E-state index contributed by atoms with van der Waals surface area (Å²) in [4.78, 5) is 4.16. The molecule has 2 unspecified atom stereocenters.